The topological polar surface area (TPSA) is 79.1 Å². The number of hydrogen-bond acceptors (Lipinski definition) is 2. The van der Waals surface area contributed by atoms with Crippen molar-refractivity contribution in [3.8, 4) is 0 Å². The van der Waals surface area contributed by atoms with E-state index in [2.05, 4.69) is 4.98 Å². The zero-order valence-corrected chi connectivity index (χ0v) is 9.73. The molecular formula is C13H16N2O2. The zero-order chi connectivity index (χ0) is 12.4. The number of carbonyl (C=O) groups is 1. The second-order valence-corrected chi connectivity index (χ2v) is 4.13. The lowest BCUT2D eigenvalue weighted by Crippen LogP contribution is -2.32. The minimum absolute atomic E-state index is 0.364. The number of aryl methyl sites for hydroxylation is 1. The largest absolute Gasteiger partial charge is 0.480 e. The maximum Gasteiger partial charge on any atom is 0.320 e. The summed E-state index contributed by atoms with van der Waals surface area (Å²) in [7, 11) is 0. The van der Waals surface area contributed by atoms with E-state index in [9.17, 15) is 4.79 Å². The van der Waals surface area contributed by atoms with E-state index >= 15 is 0 Å². The first kappa shape index (κ1) is 11.7. The van der Waals surface area contributed by atoms with E-state index in [1.54, 1.807) is 0 Å². The molecule has 0 aliphatic rings. The molecule has 0 radical (unpaired) electrons. The first-order valence-electron chi connectivity index (χ1n) is 5.70. The normalized spacial score (nSPS) is 12.8. The zero-order valence-electron chi connectivity index (χ0n) is 9.73. The van der Waals surface area contributed by atoms with Gasteiger partial charge in [-0.05, 0) is 18.1 Å². The molecule has 4 N–H and O–H groups in total. The van der Waals surface area contributed by atoms with Gasteiger partial charge in [0.05, 0.1) is 0 Å². The molecule has 0 spiro atoms. The van der Waals surface area contributed by atoms with Crippen LogP contribution in [0.4, 0.5) is 0 Å². The summed E-state index contributed by atoms with van der Waals surface area (Å²) in [4.78, 5) is 14.1. The van der Waals surface area contributed by atoms with Gasteiger partial charge in [0.15, 0.2) is 0 Å². The van der Waals surface area contributed by atoms with Gasteiger partial charge in [-0.3, -0.25) is 4.79 Å². The molecule has 2 rings (SSSR count). The Labute approximate surface area is 99.4 Å². The summed E-state index contributed by atoms with van der Waals surface area (Å²) in [6, 6.07) is 7.04. The molecule has 0 saturated heterocycles. The number of aliphatic carboxylic acids is 1. The first-order valence-corrected chi connectivity index (χ1v) is 5.70. The average molecular weight is 232 g/mol. The molecule has 1 atom stereocenters. The van der Waals surface area contributed by atoms with Crippen molar-refractivity contribution in [1.29, 1.82) is 0 Å². The molecule has 0 aliphatic heterocycles. The molecule has 4 nitrogen and oxygen atoms in total. The summed E-state index contributed by atoms with van der Waals surface area (Å²) in [5, 5.41) is 9.95. The molecule has 4 heteroatoms. The molecule has 0 bridgehead atoms. The third kappa shape index (κ3) is 2.17. The van der Waals surface area contributed by atoms with Gasteiger partial charge in [0.1, 0.15) is 6.04 Å². The molecule has 0 amide bonds. The molecule has 17 heavy (non-hydrogen) atoms. The van der Waals surface area contributed by atoms with Crippen LogP contribution in [0.3, 0.4) is 0 Å². The summed E-state index contributed by atoms with van der Waals surface area (Å²) in [6.45, 7) is 2.04. The van der Waals surface area contributed by atoms with Crippen LogP contribution in [-0.4, -0.2) is 22.1 Å². The van der Waals surface area contributed by atoms with Gasteiger partial charge in [-0.1, -0.05) is 25.1 Å². The van der Waals surface area contributed by atoms with E-state index in [0.29, 0.717) is 6.42 Å². The van der Waals surface area contributed by atoms with Crippen molar-refractivity contribution < 1.29 is 9.90 Å². The van der Waals surface area contributed by atoms with Gasteiger partial charge in [0.2, 0.25) is 0 Å². The fourth-order valence-electron chi connectivity index (χ4n) is 2.10. The summed E-state index contributed by atoms with van der Waals surface area (Å²) in [5.74, 6) is -0.961. The van der Waals surface area contributed by atoms with E-state index < -0.39 is 12.0 Å². The van der Waals surface area contributed by atoms with Crippen LogP contribution in [0, 0.1) is 0 Å². The van der Waals surface area contributed by atoms with Crippen molar-refractivity contribution in [3.63, 3.8) is 0 Å². The Kier molecular flexibility index (Phi) is 3.15. The summed E-state index contributed by atoms with van der Waals surface area (Å²) < 4.78 is 0. The van der Waals surface area contributed by atoms with Gasteiger partial charge in [-0.25, -0.2) is 0 Å². The van der Waals surface area contributed by atoms with Crippen molar-refractivity contribution in [2.24, 2.45) is 5.73 Å². The fraction of sp³-hybridized carbons (Fsp3) is 0.308. The van der Waals surface area contributed by atoms with Crippen molar-refractivity contribution >= 4 is 16.9 Å². The van der Waals surface area contributed by atoms with Crippen molar-refractivity contribution in [2.45, 2.75) is 25.8 Å². The second kappa shape index (κ2) is 4.59. The fourth-order valence-corrected chi connectivity index (χ4v) is 2.10. The highest BCUT2D eigenvalue weighted by Crippen LogP contribution is 2.23. The highest BCUT2D eigenvalue weighted by molar-refractivity contribution is 5.85. The Bertz CT molecular complexity index is 545. The standard InChI is InChI=1S/C13H16N2O2/c1-2-11-9(7-10(14)13(16)17)8-5-3-4-6-12(8)15-11/h3-6,10,15H,2,7,14H2,1H3,(H,16,17)/t10-/m0/s1. The lowest BCUT2D eigenvalue weighted by molar-refractivity contribution is -0.138. The highest BCUT2D eigenvalue weighted by Gasteiger charge is 2.17. The van der Waals surface area contributed by atoms with Gasteiger partial charge in [-0.15, -0.1) is 0 Å². The number of fused-ring (bicyclic) bond motifs is 1. The maximum atomic E-state index is 10.8. The predicted octanol–water partition coefficient (Wildman–Crippen LogP) is 1.68. The van der Waals surface area contributed by atoms with Crippen LogP contribution >= 0.6 is 0 Å². The smallest absolute Gasteiger partial charge is 0.320 e. The molecule has 0 fully saturated rings. The van der Waals surface area contributed by atoms with Gasteiger partial charge in [0, 0.05) is 23.0 Å². The molecule has 2 aromatic rings. The third-order valence-electron chi connectivity index (χ3n) is 3.00. The van der Waals surface area contributed by atoms with E-state index in [4.69, 9.17) is 10.8 Å². The van der Waals surface area contributed by atoms with Gasteiger partial charge < -0.3 is 15.8 Å². The Morgan fingerprint density at radius 3 is 2.82 bits per heavy atom. The molecular weight excluding hydrogens is 216 g/mol. The van der Waals surface area contributed by atoms with Crippen LogP contribution in [0.15, 0.2) is 24.3 Å². The van der Waals surface area contributed by atoms with Crippen LogP contribution in [0.2, 0.25) is 0 Å². The SMILES string of the molecule is CCc1[nH]c2ccccc2c1C[C@H](N)C(=O)O. The minimum atomic E-state index is -0.961. The summed E-state index contributed by atoms with van der Waals surface area (Å²) in [6.07, 6.45) is 1.21. The number of nitrogens with two attached hydrogens (primary N) is 1. The van der Waals surface area contributed by atoms with E-state index in [-0.39, 0.29) is 0 Å². The molecule has 0 unspecified atom stereocenters. The number of hydrogen-bond donors (Lipinski definition) is 3. The number of H-pyrrole nitrogens is 1. The third-order valence-corrected chi connectivity index (χ3v) is 3.00. The molecule has 0 saturated carbocycles. The molecule has 1 aromatic heterocycles. The monoisotopic (exact) mass is 232 g/mol. The second-order valence-electron chi connectivity index (χ2n) is 4.13. The number of rotatable bonds is 4. The summed E-state index contributed by atoms with van der Waals surface area (Å²) >= 11 is 0. The Morgan fingerprint density at radius 2 is 2.18 bits per heavy atom. The van der Waals surface area contributed by atoms with Crippen molar-refractivity contribution in [3.05, 3.63) is 35.5 Å². The van der Waals surface area contributed by atoms with Gasteiger partial charge in [0.25, 0.3) is 0 Å². The molecule has 0 aliphatic carbocycles. The van der Waals surface area contributed by atoms with E-state index in [0.717, 1.165) is 28.6 Å². The quantitative estimate of drug-likeness (QED) is 0.750. The number of para-hydroxylation sites is 1. The predicted molar refractivity (Wildman–Crippen MR) is 67.0 cm³/mol. The number of carboxylic acids is 1. The van der Waals surface area contributed by atoms with Crippen LogP contribution in [0.1, 0.15) is 18.2 Å². The molecule has 1 aromatic carbocycles. The van der Waals surface area contributed by atoms with Gasteiger partial charge >= 0.3 is 5.97 Å². The van der Waals surface area contributed by atoms with Crippen LogP contribution in [0.5, 0.6) is 0 Å². The average Bonchev–Trinajstić information content (AvgIpc) is 2.67. The highest BCUT2D eigenvalue weighted by atomic mass is 16.4. The Morgan fingerprint density at radius 1 is 1.47 bits per heavy atom. The molecule has 90 valence electrons. The lowest BCUT2D eigenvalue weighted by atomic mass is 10.0. The number of nitrogens with one attached hydrogen (secondary N) is 1. The van der Waals surface area contributed by atoms with Crippen molar-refractivity contribution in [1.82, 2.24) is 4.98 Å². The Hall–Kier alpha value is -1.81. The number of aromatic amines is 1. The minimum Gasteiger partial charge on any atom is -0.480 e. The van der Waals surface area contributed by atoms with Crippen LogP contribution < -0.4 is 5.73 Å². The van der Waals surface area contributed by atoms with Crippen molar-refractivity contribution in [2.75, 3.05) is 0 Å². The number of benzene rings is 1. The summed E-state index contributed by atoms with van der Waals surface area (Å²) in [5.41, 5.74) is 8.75. The van der Waals surface area contributed by atoms with E-state index in [1.165, 1.54) is 0 Å². The number of carboxylic acid groups (broad SMARTS) is 1. The van der Waals surface area contributed by atoms with Crippen LogP contribution in [-0.2, 0) is 17.6 Å². The van der Waals surface area contributed by atoms with E-state index in [1.807, 2.05) is 31.2 Å². The Balaban J connectivity index is 2.46. The maximum absolute atomic E-state index is 10.8. The lowest BCUT2D eigenvalue weighted by Gasteiger charge is -2.07. The van der Waals surface area contributed by atoms with Crippen LogP contribution in [0.25, 0.3) is 10.9 Å². The number of aromatic nitrogens is 1. The van der Waals surface area contributed by atoms with Gasteiger partial charge in [-0.2, -0.15) is 0 Å². The first-order chi connectivity index (χ1) is 8.13. The molecule has 1 heterocycles.